The lowest BCUT2D eigenvalue weighted by atomic mass is 10.1. The Labute approximate surface area is 135 Å². The van der Waals surface area contributed by atoms with Crippen LogP contribution in [0.3, 0.4) is 0 Å². The quantitative estimate of drug-likeness (QED) is 0.862. The number of ether oxygens (including phenoxy) is 1. The summed E-state index contributed by atoms with van der Waals surface area (Å²) in [5, 5.41) is 9.25. The molecule has 4 heteroatoms. The number of methoxy groups -OCH3 is 1. The topological polar surface area (TPSA) is 49.8 Å². The Hall–Kier alpha value is -2.77. The minimum Gasteiger partial charge on any atom is -0.497 e. The van der Waals surface area contributed by atoms with Gasteiger partial charge in [-0.2, -0.15) is 0 Å². The first-order valence-electron chi connectivity index (χ1n) is 7.39. The fourth-order valence-electron chi connectivity index (χ4n) is 2.32. The van der Waals surface area contributed by atoms with Crippen molar-refractivity contribution in [3.8, 4) is 17.6 Å². The van der Waals surface area contributed by atoms with Crippen molar-refractivity contribution < 1.29 is 14.6 Å². The second-order valence-electron chi connectivity index (χ2n) is 5.42. The summed E-state index contributed by atoms with van der Waals surface area (Å²) < 4.78 is 5.11. The minimum absolute atomic E-state index is 0.0510. The summed E-state index contributed by atoms with van der Waals surface area (Å²) in [5.41, 5.74) is 2.37. The van der Waals surface area contributed by atoms with Gasteiger partial charge in [-0.15, -0.1) is 0 Å². The first-order valence-corrected chi connectivity index (χ1v) is 7.39. The van der Waals surface area contributed by atoms with E-state index in [-0.39, 0.29) is 12.0 Å². The van der Waals surface area contributed by atoms with E-state index in [0.29, 0.717) is 18.7 Å². The molecule has 2 aromatic rings. The van der Waals surface area contributed by atoms with E-state index in [2.05, 4.69) is 11.8 Å². The zero-order valence-electron chi connectivity index (χ0n) is 12.8. The zero-order valence-corrected chi connectivity index (χ0v) is 12.8. The Bertz CT molecular complexity index is 748. The van der Waals surface area contributed by atoms with E-state index in [4.69, 9.17) is 4.74 Å². The average Bonchev–Trinajstić information content (AvgIpc) is 2.57. The van der Waals surface area contributed by atoms with Gasteiger partial charge in [0.2, 0.25) is 0 Å². The standard InChI is InChI=1S/C19H17NO3/c1-23-18-10-6-15(7-11-18)3-2-14-4-8-16(9-5-14)19(22)20-12-17(21)13-20/h4-11,17,21H,12-13H2,1H3. The predicted molar refractivity (Wildman–Crippen MR) is 87.3 cm³/mol. The maximum atomic E-state index is 12.1. The van der Waals surface area contributed by atoms with Crippen LogP contribution in [0, 0.1) is 11.8 Å². The van der Waals surface area contributed by atoms with Crippen LogP contribution in [0.2, 0.25) is 0 Å². The molecule has 4 nitrogen and oxygen atoms in total. The van der Waals surface area contributed by atoms with Crippen molar-refractivity contribution in [3.63, 3.8) is 0 Å². The highest BCUT2D eigenvalue weighted by Crippen LogP contribution is 2.14. The lowest BCUT2D eigenvalue weighted by Gasteiger charge is -2.35. The maximum Gasteiger partial charge on any atom is 0.254 e. The molecule has 116 valence electrons. The number of rotatable bonds is 2. The number of β-amino-alcohol motifs (C(OH)–C–C–N with tert-alkyl or cyclic N) is 1. The third-order valence-electron chi connectivity index (χ3n) is 3.72. The highest BCUT2D eigenvalue weighted by molar-refractivity contribution is 5.94. The number of likely N-dealkylation sites (tertiary alicyclic amines) is 1. The highest BCUT2D eigenvalue weighted by atomic mass is 16.5. The van der Waals surface area contributed by atoms with E-state index in [1.54, 1.807) is 24.1 Å². The molecule has 0 unspecified atom stereocenters. The molecular weight excluding hydrogens is 290 g/mol. The minimum atomic E-state index is -0.381. The molecule has 0 radical (unpaired) electrons. The van der Waals surface area contributed by atoms with Gasteiger partial charge in [-0.3, -0.25) is 4.79 Å². The molecule has 0 aliphatic carbocycles. The lowest BCUT2D eigenvalue weighted by molar-refractivity contribution is 0.00589. The van der Waals surface area contributed by atoms with Crippen molar-refractivity contribution in [1.82, 2.24) is 4.90 Å². The number of carbonyl (C=O) groups excluding carboxylic acids is 1. The van der Waals surface area contributed by atoms with Crippen molar-refractivity contribution in [2.24, 2.45) is 0 Å². The Morgan fingerprint density at radius 1 is 1.04 bits per heavy atom. The molecule has 0 saturated carbocycles. The number of hydrogen-bond donors (Lipinski definition) is 1. The number of aliphatic hydroxyl groups excluding tert-OH is 1. The SMILES string of the molecule is COc1ccc(C#Cc2ccc(C(=O)N3CC(O)C3)cc2)cc1. The monoisotopic (exact) mass is 307 g/mol. The summed E-state index contributed by atoms with van der Waals surface area (Å²) in [7, 11) is 1.63. The van der Waals surface area contributed by atoms with Crippen LogP contribution in [-0.4, -0.2) is 42.2 Å². The van der Waals surface area contributed by atoms with E-state index >= 15 is 0 Å². The molecule has 0 aromatic heterocycles. The predicted octanol–water partition coefficient (Wildman–Crippen LogP) is 1.91. The smallest absolute Gasteiger partial charge is 0.254 e. The number of aliphatic hydroxyl groups is 1. The largest absolute Gasteiger partial charge is 0.497 e. The molecule has 2 aromatic carbocycles. The molecule has 1 N–H and O–H groups in total. The van der Waals surface area contributed by atoms with Gasteiger partial charge in [0.1, 0.15) is 5.75 Å². The highest BCUT2D eigenvalue weighted by Gasteiger charge is 2.29. The molecule has 1 aliphatic heterocycles. The number of carbonyl (C=O) groups is 1. The third-order valence-corrected chi connectivity index (χ3v) is 3.72. The van der Waals surface area contributed by atoms with Crippen LogP contribution in [0.4, 0.5) is 0 Å². The van der Waals surface area contributed by atoms with Crippen molar-refractivity contribution in [2.75, 3.05) is 20.2 Å². The third kappa shape index (κ3) is 3.53. The van der Waals surface area contributed by atoms with Gasteiger partial charge in [0.15, 0.2) is 0 Å². The number of nitrogens with zero attached hydrogens (tertiary/aromatic N) is 1. The summed E-state index contributed by atoms with van der Waals surface area (Å²) in [4.78, 5) is 13.7. The summed E-state index contributed by atoms with van der Waals surface area (Å²) in [5.74, 6) is 6.90. The van der Waals surface area contributed by atoms with Crippen molar-refractivity contribution in [1.29, 1.82) is 0 Å². The first kappa shape index (κ1) is 15.1. The summed E-state index contributed by atoms with van der Waals surface area (Å²) >= 11 is 0. The second-order valence-corrected chi connectivity index (χ2v) is 5.42. The Morgan fingerprint density at radius 2 is 1.57 bits per heavy atom. The molecule has 0 atom stereocenters. The number of amides is 1. The van der Waals surface area contributed by atoms with Gasteiger partial charge in [-0.25, -0.2) is 0 Å². The van der Waals surface area contributed by atoms with Crippen LogP contribution < -0.4 is 4.74 Å². The van der Waals surface area contributed by atoms with Crippen LogP contribution in [0.5, 0.6) is 5.75 Å². The fourth-order valence-corrected chi connectivity index (χ4v) is 2.32. The number of benzene rings is 2. The molecule has 1 saturated heterocycles. The van der Waals surface area contributed by atoms with Gasteiger partial charge in [0.25, 0.3) is 5.91 Å². The van der Waals surface area contributed by atoms with E-state index in [9.17, 15) is 9.90 Å². The molecule has 0 spiro atoms. The van der Waals surface area contributed by atoms with Gasteiger partial charge in [-0.1, -0.05) is 11.8 Å². The lowest BCUT2D eigenvalue weighted by Crippen LogP contribution is -2.53. The molecule has 0 bridgehead atoms. The van der Waals surface area contributed by atoms with Gasteiger partial charge in [-0.05, 0) is 48.5 Å². The zero-order chi connectivity index (χ0) is 16.2. The van der Waals surface area contributed by atoms with E-state index in [1.807, 2.05) is 36.4 Å². The molecule has 1 heterocycles. The molecule has 1 amide bonds. The normalized spacial score (nSPS) is 13.7. The van der Waals surface area contributed by atoms with Crippen LogP contribution in [0.25, 0.3) is 0 Å². The van der Waals surface area contributed by atoms with Crippen LogP contribution in [0.15, 0.2) is 48.5 Å². The molecule has 1 aliphatic rings. The summed E-state index contributed by atoms with van der Waals surface area (Å²) in [6.07, 6.45) is -0.381. The van der Waals surface area contributed by atoms with E-state index in [1.165, 1.54) is 0 Å². The van der Waals surface area contributed by atoms with E-state index < -0.39 is 0 Å². The second kappa shape index (κ2) is 6.55. The van der Waals surface area contributed by atoms with Crippen LogP contribution >= 0.6 is 0 Å². The average molecular weight is 307 g/mol. The Morgan fingerprint density at radius 3 is 2.04 bits per heavy atom. The van der Waals surface area contributed by atoms with E-state index in [0.717, 1.165) is 16.9 Å². The molecule has 23 heavy (non-hydrogen) atoms. The Kier molecular flexibility index (Phi) is 4.31. The molecule has 3 rings (SSSR count). The van der Waals surface area contributed by atoms with Crippen molar-refractivity contribution >= 4 is 5.91 Å². The fraction of sp³-hybridized carbons (Fsp3) is 0.211. The van der Waals surface area contributed by atoms with Crippen molar-refractivity contribution in [3.05, 3.63) is 65.2 Å². The van der Waals surface area contributed by atoms with Crippen LogP contribution in [-0.2, 0) is 0 Å². The van der Waals surface area contributed by atoms with Gasteiger partial charge in [0.05, 0.1) is 13.2 Å². The summed E-state index contributed by atoms with van der Waals surface area (Å²) in [6.45, 7) is 0.829. The first-order chi connectivity index (χ1) is 11.2. The van der Waals surface area contributed by atoms with Crippen LogP contribution in [0.1, 0.15) is 21.5 Å². The van der Waals surface area contributed by atoms with Gasteiger partial charge in [0, 0.05) is 29.8 Å². The number of hydrogen-bond acceptors (Lipinski definition) is 3. The van der Waals surface area contributed by atoms with Gasteiger partial charge < -0.3 is 14.7 Å². The van der Waals surface area contributed by atoms with Gasteiger partial charge >= 0.3 is 0 Å². The summed E-state index contributed by atoms with van der Waals surface area (Å²) in [6, 6.07) is 14.7. The Balaban J connectivity index is 1.67. The molecule has 1 fully saturated rings. The maximum absolute atomic E-state index is 12.1. The molecular formula is C19H17NO3. The van der Waals surface area contributed by atoms with Crippen molar-refractivity contribution in [2.45, 2.75) is 6.10 Å².